The molecule has 2 heterocycles. The lowest BCUT2D eigenvalue weighted by Gasteiger charge is -2.03. The number of carbonyl (C=O) groups excluding carboxylic acids is 2. The van der Waals surface area contributed by atoms with Gasteiger partial charge in [0.1, 0.15) is 10.6 Å². The van der Waals surface area contributed by atoms with E-state index in [0.29, 0.717) is 4.83 Å². The normalized spacial score (nSPS) is 10.6. The Hall–Kier alpha value is -2.02. The number of ether oxygens (including phenoxy) is 1. The second-order valence-electron chi connectivity index (χ2n) is 3.93. The van der Waals surface area contributed by atoms with Crippen LogP contribution in [0.4, 0.5) is 0 Å². The SMILES string of the molecule is CCOC(=O)c1csc2ncn(CC(C)=O)c(=O)c12. The van der Waals surface area contributed by atoms with E-state index in [9.17, 15) is 14.4 Å². The van der Waals surface area contributed by atoms with E-state index in [0.717, 1.165) is 0 Å². The van der Waals surface area contributed by atoms with Crippen LogP contribution in [0.1, 0.15) is 24.2 Å². The Kier molecular flexibility index (Phi) is 3.75. The summed E-state index contributed by atoms with van der Waals surface area (Å²) >= 11 is 1.20. The fourth-order valence-corrected chi connectivity index (χ4v) is 2.55. The molecule has 0 spiro atoms. The zero-order valence-corrected chi connectivity index (χ0v) is 11.3. The van der Waals surface area contributed by atoms with Crippen molar-refractivity contribution in [3.63, 3.8) is 0 Å². The summed E-state index contributed by atoms with van der Waals surface area (Å²) in [6.07, 6.45) is 1.32. The molecule has 0 aliphatic rings. The first-order valence-electron chi connectivity index (χ1n) is 5.67. The van der Waals surface area contributed by atoms with Crippen molar-refractivity contribution in [3.05, 3.63) is 27.6 Å². The van der Waals surface area contributed by atoms with Gasteiger partial charge in [-0.1, -0.05) is 0 Å². The van der Waals surface area contributed by atoms with Gasteiger partial charge in [0.05, 0.1) is 30.4 Å². The predicted molar refractivity (Wildman–Crippen MR) is 70.5 cm³/mol. The average Bonchev–Trinajstić information content (AvgIpc) is 2.77. The van der Waals surface area contributed by atoms with E-state index in [1.54, 1.807) is 12.3 Å². The molecular weight excluding hydrogens is 268 g/mol. The molecule has 19 heavy (non-hydrogen) atoms. The summed E-state index contributed by atoms with van der Waals surface area (Å²) < 4.78 is 6.09. The van der Waals surface area contributed by atoms with E-state index in [1.807, 2.05) is 0 Å². The highest BCUT2D eigenvalue weighted by molar-refractivity contribution is 7.17. The summed E-state index contributed by atoms with van der Waals surface area (Å²) in [5.41, 5.74) is -0.193. The summed E-state index contributed by atoms with van der Waals surface area (Å²) in [7, 11) is 0. The van der Waals surface area contributed by atoms with Gasteiger partial charge < -0.3 is 4.74 Å². The van der Waals surface area contributed by atoms with Gasteiger partial charge in [0.15, 0.2) is 0 Å². The number of fused-ring (bicyclic) bond motifs is 1. The first kappa shape index (κ1) is 13.4. The van der Waals surface area contributed by atoms with Crippen LogP contribution in [0.25, 0.3) is 10.2 Å². The quantitative estimate of drug-likeness (QED) is 0.787. The average molecular weight is 280 g/mol. The van der Waals surface area contributed by atoms with Crippen LogP contribution in [0.2, 0.25) is 0 Å². The van der Waals surface area contributed by atoms with Crippen molar-refractivity contribution in [1.29, 1.82) is 0 Å². The Balaban J connectivity index is 2.59. The number of carbonyl (C=O) groups is 2. The molecule has 0 radical (unpaired) electrons. The minimum Gasteiger partial charge on any atom is -0.462 e. The van der Waals surface area contributed by atoms with Gasteiger partial charge >= 0.3 is 5.97 Å². The van der Waals surface area contributed by atoms with Crippen LogP contribution < -0.4 is 5.56 Å². The summed E-state index contributed by atoms with van der Waals surface area (Å²) in [5.74, 6) is -0.704. The van der Waals surface area contributed by atoms with Crippen molar-refractivity contribution in [2.75, 3.05) is 6.61 Å². The fourth-order valence-electron chi connectivity index (χ4n) is 1.68. The summed E-state index contributed by atoms with van der Waals surface area (Å²) in [4.78, 5) is 39.6. The van der Waals surface area contributed by atoms with Crippen LogP contribution in [0, 0.1) is 0 Å². The smallest absolute Gasteiger partial charge is 0.339 e. The van der Waals surface area contributed by atoms with E-state index in [2.05, 4.69) is 4.98 Å². The number of aromatic nitrogens is 2. The number of thiophene rings is 1. The van der Waals surface area contributed by atoms with Gasteiger partial charge in [0.2, 0.25) is 0 Å². The summed E-state index contributed by atoms with van der Waals surface area (Å²) in [5, 5.41) is 1.77. The molecule has 0 N–H and O–H groups in total. The molecule has 0 amide bonds. The molecule has 100 valence electrons. The Bertz CT molecular complexity index is 701. The number of hydrogen-bond donors (Lipinski definition) is 0. The number of rotatable bonds is 4. The van der Waals surface area contributed by atoms with Gasteiger partial charge in [-0.05, 0) is 13.8 Å². The van der Waals surface area contributed by atoms with Crippen LogP contribution in [-0.4, -0.2) is 27.9 Å². The van der Waals surface area contributed by atoms with Crippen molar-refractivity contribution in [2.45, 2.75) is 20.4 Å². The first-order valence-corrected chi connectivity index (χ1v) is 6.55. The van der Waals surface area contributed by atoms with Crippen LogP contribution in [-0.2, 0) is 16.1 Å². The van der Waals surface area contributed by atoms with Gasteiger partial charge in [-0.25, -0.2) is 9.78 Å². The van der Waals surface area contributed by atoms with Gasteiger partial charge in [-0.15, -0.1) is 11.3 Å². The molecule has 6 nitrogen and oxygen atoms in total. The largest absolute Gasteiger partial charge is 0.462 e. The lowest BCUT2D eigenvalue weighted by Crippen LogP contribution is -2.24. The minimum atomic E-state index is -0.548. The lowest BCUT2D eigenvalue weighted by molar-refractivity contribution is -0.117. The van der Waals surface area contributed by atoms with Crippen molar-refractivity contribution in [3.8, 4) is 0 Å². The topological polar surface area (TPSA) is 78.3 Å². The summed E-state index contributed by atoms with van der Waals surface area (Å²) in [6.45, 7) is 3.26. The number of nitrogens with zero attached hydrogens (tertiary/aromatic N) is 2. The molecule has 2 rings (SSSR count). The highest BCUT2D eigenvalue weighted by atomic mass is 32.1. The van der Waals surface area contributed by atoms with Crippen molar-refractivity contribution >= 4 is 33.3 Å². The molecule has 0 aliphatic heterocycles. The second kappa shape index (κ2) is 5.31. The van der Waals surface area contributed by atoms with Crippen molar-refractivity contribution in [1.82, 2.24) is 9.55 Å². The van der Waals surface area contributed by atoms with Gasteiger partial charge in [0, 0.05) is 5.38 Å². The van der Waals surface area contributed by atoms with E-state index < -0.39 is 11.5 Å². The van der Waals surface area contributed by atoms with E-state index in [4.69, 9.17) is 4.74 Å². The van der Waals surface area contributed by atoms with Crippen molar-refractivity contribution in [2.24, 2.45) is 0 Å². The third-order valence-electron chi connectivity index (χ3n) is 2.45. The number of esters is 1. The highest BCUT2D eigenvalue weighted by Gasteiger charge is 2.18. The third kappa shape index (κ3) is 2.55. The molecule has 2 aromatic rings. The van der Waals surface area contributed by atoms with Crippen LogP contribution in [0.3, 0.4) is 0 Å². The van der Waals surface area contributed by atoms with Gasteiger partial charge in [0.25, 0.3) is 5.56 Å². The molecule has 0 bridgehead atoms. The van der Waals surface area contributed by atoms with E-state index in [-0.39, 0.29) is 29.9 Å². The first-order chi connectivity index (χ1) is 9.04. The number of ketones is 1. The molecule has 0 fully saturated rings. The minimum absolute atomic E-state index is 0.0557. The number of Topliss-reactive ketones (excluding diaryl/α,β-unsaturated/α-hetero) is 1. The standard InChI is InChI=1S/C12H12N2O4S/c1-3-18-12(17)8-5-19-10-9(8)11(16)14(6-13-10)4-7(2)15/h5-6H,3-4H2,1-2H3. The van der Waals surface area contributed by atoms with E-state index >= 15 is 0 Å². The van der Waals surface area contributed by atoms with Gasteiger partial charge in [-0.3, -0.25) is 14.2 Å². The molecule has 0 saturated carbocycles. The zero-order chi connectivity index (χ0) is 14.0. The van der Waals surface area contributed by atoms with Crippen LogP contribution in [0.15, 0.2) is 16.5 Å². The van der Waals surface area contributed by atoms with Crippen molar-refractivity contribution < 1.29 is 14.3 Å². The zero-order valence-electron chi connectivity index (χ0n) is 10.5. The fraction of sp³-hybridized carbons (Fsp3) is 0.333. The summed E-state index contributed by atoms with van der Waals surface area (Å²) in [6, 6.07) is 0. The van der Waals surface area contributed by atoms with E-state index in [1.165, 1.54) is 29.2 Å². The maximum atomic E-state index is 12.2. The maximum absolute atomic E-state index is 12.2. The third-order valence-corrected chi connectivity index (χ3v) is 3.34. The Morgan fingerprint density at radius 2 is 2.21 bits per heavy atom. The molecule has 0 atom stereocenters. The number of hydrogen-bond acceptors (Lipinski definition) is 6. The van der Waals surface area contributed by atoms with Crippen LogP contribution in [0.5, 0.6) is 0 Å². The molecular formula is C12H12N2O4S. The molecule has 0 saturated heterocycles. The molecule has 0 unspecified atom stereocenters. The highest BCUT2D eigenvalue weighted by Crippen LogP contribution is 2.21. The molecule has 7 heteroatoms. The Labute approximate surface area is 112 Å². The maximum Gasteiger partial charge on any atom is 0.339 e. The Morgan fingerprint density at radius 1 is 1.47 bits per heavy atom. The Morgan fingerprint density at radius 3 is 2.84 bits per heavy atom. The molecule has 0 aliphatic carbocycles. The predicted octanol–water partition coefficient (Wildman–Crippen LogP) is 1.22. The molecule has 2 aromatic heterocycles. The van der Waals surface area contributed by atoms with Crippen LogP contribution >= 0.6 is 11.3 Å². The lowest BCUT2D eigenvalue weighted by atomic mass is 10.2. The second-order valence-corrected chi connectivity index (χ2v) is 4.79. The molecule has 0 aromatic carbocycles. The van der Waals surface area contributed by atoms with Gasteiger partial charge in [-0.2, -0.15) is 0 Å². The monoisotopic (exact) mass is 280 g/mol.